The van der Waals surface area contributed by atoms with E-state index in [4.69, 9.17) is 4.52 Å². The van der Waals surface area contributed by atoms with Crippen LogP contribution < -0.4 is 10.6 Å². The van der Waals surface area contributed by atoms with Crippen molar-refractivity contribution in [3.05, 3.63) is 17.0 Å². The van der Waals surface area contributed by atoms with Crippen molar-refractivity contribution in [2.24, 2.45) is 4.99 Å². The molecule has 2 atom stereocenters. The molecule has 2 unspecified atom stereocenters. The van der Waals surface area contributed by atoms with E-state index in [1.165, 1.54) is 5.56 Å². The van der Waals surface area contributed by atoms with Gasteiger partial charge in [-0.1, -0.05) is 19.0 Å². The van der Waals surface area contributed by atoms with E-state index in [1.807, 2.05) is 13.8 Å². The number of hydrogen-bond donors (Lipinski definition) is 2. The maximum Gasteiger partial charge on any atom is 0.191 e. The number of aliphatic imine (C=N–C) groups is 1. The quantitative estimate of drug-likeness (QED) is 0.431. The van der Waals surface area contributed by atoms with Crippen LogP contribution in [0.15, 0.2) is 9.52 Å². The fourth-order valence-corrected chi connectivity index (χ4v) is 2.17. The molecular weight excluding hydrogens is 379 g/mol. The Labute approximate surface area is 145 Å². The van der Waals surface area contributed by atoms with E-state index in [-0.39, 0.29) is 24.0 Å². The minimum atomic E-state index is 0. The number of hydrogen-bond acceptors (Lipinski definition) is 3. The van der Waals surface area contributed by atoms with Crippen molar-refractivity contribution in [1.29, 1.82) is 0 Å². The maximum atomic E-state index is 5.22. The molecular formula is C15H29IN4O. The van der Waals surface area contributed by atoms with Crippen LogP contribution in [0.3, 0.4) is 0 Å². The Balaban J connectivity index is 0.00000400. The van der Waals surface area contributed by atoms with Gasteiger partial charge >= 0.3 is 0 Å². The number of aryl methyl sites for hydroxylation is 2. The molecule has 122 valence electrons. The molecule has 1 heterocycles. The Morgan fingerprint density at radius 3 is 2.43 bits per heavy atom. The second-order valence-corrected chi connectivity index (χ2v) is 5.31. The van der Waals surface area contributed by atoms with Crippen LogP contribution in [0.2, 0.25) is 0 Å². The van der Waals surface area contributed by atoms with Crippen molar-refractivity contribution in [2.45, 2.75) is 59.9 Å². The normalized spacial score (nSPS) is 14.3. The van der Waals surface area contributed by atoms with Gasteiger partial charge in [-0.3, -0.25) is 4.99 Å². The fourth-order valence-electron chi connectivity index (χ4n) is 2.17. The Morgan fingerprint density at radius 1 is 1.29 bits per heavy atom. The Hall–Kier alpha value is -0.790. The third-order valence-corrected chi connectivity index (χ3v) is 3.44. The number of nitrogens with zero attached hydrogens (tertiary/aromatic N) is 2. The molecule has 6 heteroatoms. The molecule has 0 spiro atoms. The first-order chi connectivity index (χ1) is 9.49. The van der Waals surface area contributed by atoms with Crippen molar-refractivity contribution in [2.75, 3.05) is 13.1 Å². The van der Waals surface area contributed by atoms with Gasteiger partial charge in [0, 0.05) is 30.6 Å². The second-order valence-electron chi connectivity index (χ2n) is 5.31. The van der Waals surface area contributed by atoms with Gasteiger partial charge in [0.15, 0.2) is 5.96 Å². The summed E-state index contributed by atoms with van der Waals surface area (Å²) in [4.78, 5) is 4.66. The lowest BCUT2D eigenvalue weighted by molar-refractivity contribution is 0.391. The molecule has 1 aromatic rings. The summed E-state index contributed by atoms with van der Waals surface area (Å²) in [5.41, 5.74) is 2.14. The van der Waals surface area contributed by atoms with Crippen LogP contribution >= 0.6 is 24.0 Å². The Kier molecular flexibility index (Phi) is 9.65. The summed E-state index contributed by atoms with van der Waals surface area (Å²) in [5, 5.41) is 10.7. The van der Waals surface area contributed by atoms with Crippen molar-refractivity contribution in [3.63, 3.8) is 0 Å². The summed E-state index contributed by atoms with van der Waals surface area (Å²) in [6.07, 6.45) is 1.07. The van der Waals surface area contributed by atoms with Gasteiger partial charge in [0.2, 0.25) is 0 Å². The van der Waals surface area contributed by atoms with Crippen molar-refractivity contribution in [3.8, 4) is 0 Å². The van der Waals surface area contributed by atoms with E-state index in [0.717, 1.165) is 30.4 Å². The van der Waals surface area contributed by atoms with Gasteiger partial charge in [0.05, 0.1) is 5.69 Å². The summed E-state index contributed by atoms with van der Waals surface area (Å²) in [6.45, 7) is 14.1. The van der Waals surface area contributed by atoms with Crippen LogP contribution in [0.1, 0.15) is 57.1 Å². The zero-order valence-corrected chi connectivity index (χ0v) is 16.3. The average molecular weight is 408 g/mol. The molecule has 0 aliphatic rings. The van der Waals surface area contributed by atoms with Crippen LogP contribution in [0.5, 0.6) is 0 Å². The highest BCUT2D eigenvalue weighted by Crippen LogP contribution is 2.23. The SMILES string of the molecule is CCNC(=NCC(C)c1c(C)noc1C)NC(C)CC.I. The van der Waals surface area contributed by atoms with Gasteiger partial charge in [-0.15, -0.1) is 24.0 Å². The smallest absolute Gasteiger partial charge is 0.191 e. The Morgan fingerprint density at radius 2 is 1.95 bits per heavy atom. The first kappa shape index (κ1) is 20.2. The summed E-state index contributed by atoms with van der Waals surface area (Å²) >= 11 is 0. The third kappa shape index (κ3) is 6.23. The largest absolute Gasteiger partial charge is 0.361 e. The van der Waals surface area contributed by atoms with Gasteiger partial charge in [-0.25, -0.2) is 0 Å². The van der Waals surface area contributed by atoms with E-state index in [9.17, 15) is 0 Å². The van der Waals surface area contributed by atoms with Crippen molar-refractivity contribution >= 4 is 29.9 Å². The van der Waals surface area contributed by atoms with Crippen molar-refractivity contribution in [1.82, 2.24) is 15.8 Å². The number of aromatic nitrogens is 1. The molecule has 0 aliphatic heterocycles. The van der Waals surface area contributed by atoms with E-state index in [2.05, 4.69) is 48.5 Å². The van der Waals surface area contributed by atoms with E-state index in [0.29, 0.717) is 18.5 Å². The van der Waals surface area contributed by atoms with E-state index < -0.39 is 0 Å². The standard InChI is InChI=1S/C15H28N4O.HI/c1-7-11(4)18-15(16-8-2)17-9-10(3)14-12(5)19-20-13(14)6;/h10-11H,7-9H2,1-6H3,(H2,16,17,18);1H. The zero-order chi connectivity index (χ0) is 15.1. The van der Waals surface area contributed by atoms with Gasteiger partial charge in [-0.05, 0) is 34.1 Å². The summed E-state index contributed by atoms with van der Waals surface area (Å²) in [5.74, 6) is 2.07. The van der Waals surface area contributed by atoms with Gasteiger partial charge in [-0.2, -0.15) is 0 Å². The fraction of sp³-hybridized carbons (Fsp3) is 0.733. The maximum absolute atomic E-state index is 5.22. The van der Waals surface area contributed by atoms with E-state index in [1.54, 1.807) is 0 Å². The van der Waals surface area contributed by atoms with Crippen LogP contribution in [0.4, 0.5) is 0 Å². The molecule has 0 fully saturated rings. The lowest BCUT2D eigenvalue weighted by atomic mass is 10.00. The Bertz CT molecular complexity index is 425. The van der Waals surface area contributed by atoms with Gasteiger partial charge in [0.25, 0.3) is 0 Å². The lowest BCUT2D eigenvalue weighted by Crippen LogP contribution is -2.42. The highest BCUT2D eigenvalue weighted by Gasteiger charge is 2.16. The summed E-state index contributed by atoms with van der Waals surface area (Å²) in [7, 11) is 0. The van der Waals surface area contributed by atoms with Gasteiger partial charge in [0.1, 0.15) is 5.76 Å². The zero-order valence-electron chi connectivity index (χ0n) is 14.0. The van der Waals surface area contributed by atoms with E-state index >= 15 is 0 Å². The minimum Gasteiger partial charge on any atom is -0.361 e. The van der Waals surface area contributed by atoms with Crippen LogP contribution in [-0.4, -0.2) is 30.2 Å². The molecule has 0 radical (unpaired) electrons. The topological polar surface area (TPSA) is 62.5 Å². The third-order valence-electron chi connectivity index (χ3n) is 3.44. The molecule has 0 aliphatic carbocycles. The highest BCUT2D eigenvalue weighted by atomic mass is 127. The van der Waals surface area contributed by atoms with Crippen LogP contribution in [-0.2, 0) is 0 Å². The molecule has 0 aromatic carbocycles. The first-order valence-corrected chi connectivity index (χ1v) is 7.47. The molecule has 0 bridgehead atoms. The number of rotatable bonds is 6. The van der Waals surface area contributed by atoms with Crippen LogP contribution in [0, 0.1) is 13.8 Å². The summed E-state index contributed by atoms with van der Waals surface area (Å²) in [6, 6.07) is 0.419. The summed E-state index contributed by atoms with van der Waals surface area (Å²) < 4.78 is 5.22. The molecule has 2 N–H and O–H groups in total. The number of nitrogens with one attached hydrogen (secondary N) is 2. The minimum absolute atomic E-state index is 0. The highest BCUT2D eigenvalue weighted by molar-refractivity contribution is 14.0. The van der Waals surface area contributed by atoms with Crippen LogP contribution in [0.25, 0.3) is 0 Å². The predicted octanol–water partition coefficient (Wildman–Crippen LogP) is 3.37. The molecule has 1 aromatic heterocycles. The number of halogens is 1. The lowest BCUT2D eigenvalue weighted by Gasteiger charge is -2.17. The molecule has 0 saturated heterocycles. The van der Waals surface area contributed by atoms with Gasteiger partial charge < -0.3 is 15.2 Å². The molecule has 5 nitrogen and oxygen atoms in total. The number of guanidine groups is 1. The second kappa shape index (κ2) is 10.0. The first-order valence-electron chi connectivity index (χ1n) is 7.47. The molecule has 1 rings (SSSR count). The molecule has 0 saturated carbocycles. The molecule has 21 heavy (non-hydrogen) atoms. The monoisotopic (exact) mass is 408 g/mol. The predicted molar refractivity (Wildman–Crippen MR) is 98.7 cm³/mol. The molecule has 0 amide bonds. The van der Waals surface area contributed by atoms with Crippen molar-refractivity contribution < 1.29 is 4.52 Å². The average Bonchev–Trinajstić information content (AvgIpc) is 2.75.